The summed E-state index contributed by atoms with van der Waals surface area (Å²) in [5.41, 5.74) is 2.96. The number of methoxy groups -OCH3 is 2. The maximum Gasteiger partial charge on any atom is 0.311 e. The first-order valence-electron chi connectivity index (χ1n) is 8.87. The van der Waals surface area contributed by atoms with Gasteiger partial charge in [-0.3, -0.25) is 4.79 Å². The molecule has 2 aromatic rings. The molecular weight excluding hydrogens is 334 g/mol. The Bertz CT molecular complexity index is 908. The van der Waals surface area contributed by atoms with E-state index in [1.165, 1.54) is 10.2 Å². The summed E-state index contributed by atoms with van der Waals surface area (Å²) in [6.07, 6.45) is 2.43. The third-order valence-corrected chi connectivity index (χ3v) is 5.26. The van der Waals surface area contributed by atoms with Crippen LogP contribution >= 0.6 is 0 Å². The molecule has 7 nitrogen and oxygen atoms in total. The number of rotatable bonds is 3. The number of anilines is 1. The van der Waals surface area contributed by atoms with E-state index in [4.69, 9.17) is 14.2 Å². The van der Waals surface area contributed by atoms with Gasteiger partial charge in [0.1, 0.15) is 11.8 Å². The summed E-state index contributed by atoms with van der Waals surface area (Å²) in [6, 6.07) is 4.07. The lowest BCUT2D eigenvalue weighted by Gasteiger charge is -2.45. The lowest BCUT2D eigenvalue weighted by atomic mass is 9.88. The number of ether oxygens (including phenoxy) is 3. The van der Waals surface area contributed by atoms with Crippen molar-refractivity contribution in [1.82, 2.24) is 9.78 Å². The summed E-state index contributed by atoms with van der Waals surface area (Å²) in [7, 11) is 3.28. The van der Waals surface area contributed by atoms with Crippen molar-refractivity contribution in [2.24, 2.45) is 0 Å². The first-order chi connectivity index (χ1) is 12.6. The average molecular weight is 357 g/mol. The van der Waals surface area contributed by atoms with Crippen LogP contribution in [0.1, 0.15) is 31.0 Å². The quantitative estimate of drug-likeness (QED) is 0.839. The van der Waals surface area contributed by atoms with Gasteiger partial charge in [-0.1, -0.05) is 0 Å². The zero-order valence-corrected chi connectivity index (χ0v) is 15.5. The number of aryl methyl sites for hydroxylation is 1. The fourth-order valence-electron chi connectivity index (χ4n) is 4.01. The van der Waals surface area contributed by atoms with Crippen LogP contribution in [0.25, 0.3) is 0 Å². The van der Waals surface area contributed by atoms with E-state index in [-0.39, 0.29) is 17.7 Å². The Labute approximate surface area is 152 Å². The van der Waals surface area contributed by atoms with E-state index in [9.17, 15) is 4.79 Å². The molecular formula is C19H23N3O4. The smallest absolute Gasteiger partial charge is 0.311 e. The van der Waals surface area contributed by atoms with Crippen molar-refractivity contribution in [3.05, 3.63) is 39.8 Å². The van der Waals surface area contributed by atoms with Crippen molar-refractivity contribution in [3.63, 3.8) is 0 Å². The van der Waals surface area contributed by atoms with Gasteiger partial charge in [-0.05, 0) is 43.5 Å². The van der Waals surface area contributed by atoms with Crippen LogP contribution in [0.2, 0.25) is 0 Å². The summed E-state index contributed by atoms with van der Waals surface area (Å²) >= 11 is 0. The largest absolute Gasteiger partial charge is 0.493 e. The van der Waals surface area contributed by atoms with E-state index in [0.717, 1.165) is 30.0 Å². The molecule has 2 atom stereocenters. The van der Waals surface area contributed by atoms with Crippen LogP contribution in [0.3, 0.4) is 0 Å². The number of fused-ring (bicyclic) bond motifs is 5. The van der Waals surface area contributed by atoms with Gasteiger partial charge in [0.05, 0.1) is 26.5 Å². The Morgan fingerprint density at radius 3 is 2.69 bits per heavy atom. The summed E-state index contributed by atoms with van der Waals surface area (Å²) in [5, 5.41) is 4.28. The molecule has 138 valence electrons. The monoisotopic (exact) mass is 357 g/mol. The molecule has 26 heavy (non-hydrogen) atoms. The zero-order chi connectivity index (χ0) is 18.4. The average Bonchev–Trinajstić information content (AvgIpc) is 2.67. The second kappa shape index (κ2) is 6.23. The highest BCUT2D eigenvalue weighted by atomic mass is 16.5. The molecule has 2 aliphatic heterocycles. The predicted octanol–water partition coefficient (Wildman–Crippen LogP) is 2.17. The molecule has 1 aromatic heterocycles. The van der Waals surface area contributed by atoms with Gasteiger partial charge in [-0.2, -0.15) is 5.10 Å². The summed E-state index contributed by atoms with van der Waals surface area (Å²) in [4.78, 5) is 14.8. The number of hydrogen-bond donors (Lipinski definition) is 0. The second-order valence-corrected chi connectivity index (χ2v) is 6.60. The van der Waals surface area contributed by atoms with E-state index in [2.05, 4.69) is 10.00 Å². The molecule has 0 unspecified atom stereocenters. The van der Waals surface area contributed by atoms with E-state index in [1.54, 1.807) is 20.4 Å². The van der Waals surface area contributed by atoms with E-state index in [1.807, 2.05) is 26.0 Å². The Morgan fingerprint density at radius 2 is 2.00 bits per heavy atom. The van der Waals surface area contributed by atoms with Crippen LogP contribution in [0.4, 0.5) is 5.69 Å². The lowest BCUT2D eigenvalue weighted by Crippen LogP contribution is -2.48. The topological polar surface area (TPSA) is 65.8 Å². The van der Waals surface area contributed by atoms with Crippen LogP contribution in [-0.4, -0.2) is 36.6 Å². The highest BCUT2D eigenvalue weighted by molar-refractivity contribution is 5.63. The van der Waals surface area contributed by atoms with E-state index in [0.29, 0.717) is 18.0 Å². The molecule has 0 amide bonds. The highest BCUT2D eigenvalue weighted by Gasteiger charge is 2.40. The minimum absolute atomic E-state index is 0.00438. The molecule has 0 bridgehead atoms. The number of nitrogens with zero attached hydrogens (tertiary/aromatic N) is 3. The molecule has 1 aromatic carbocycles. The molecule has 2 aliphatic rings. The maximum atomic E-state index is 12.6. The Balaban J connectivity index is 1.84. The van der Waals surface area contributed by atoms with Gasteiger partial charge in [0.15, 0.2) is 11.5 Å². The number of aromatic nitrogens is 2. The fourth-order valence-corrected chi connectivity index (χ4v) is 4.01. The number of benzene rings is 1. The highest BCUT2D eigenvalue weighted by Crippen LogP contribution is 2.46. The standard InChI is InChI=1S/C19H23N3O4/c1-5-22-19(23)18-14(10-20-22)21-7-6-12-8-15(24-3)16(25-4)9-13(12)17(21)11(2)26-18/h8-11,17H,5-7H2,1-4H3/t11-,17+/m0/s1. The van der Waals surface area contributed by atoms with Gasteiger partial charge in [0.2, 0.25) is 5.75 Å². The van der Waals surface area contributed by atoms with Crippen molar-refractivity contribution in [2.45, 2.75) is 39.0 Å². The minimum atomic E-state index is -0.173. The molecule has 0 saturated carbocycles. The molecule has 3 heterocycles. The van der Waals surface area contributed by atoms with Gasteiger partial charge in [-0.25, -0.2) is 4.68 Å². The predicted molar refractivity (Wildman–Crippen MR) is 97.6 cm³/mol. The second-order valence-electron chi connectivity index (χ2n) is 6.60. The maximum absolute atomic E-state index is 12.6. The van der Waals surface area contributed by atoms with Crippen LogP contribution in [0.5, 0.6) is 17.2 Å². The first kappa shape index (κ1) is 16.8. The minimum Gasteiger partial charge on any atom is -0.493 e. The van der Waals surface area contributed by atoms with Gasteiger partial charge < -0.3 is 19.1 Å². The third kappa shape index (κ3) is 2.34. The molecule has 0 N–H and O–H groups in total. The van der Waals surface area contributed by atoms with Crippen LogP contribution in [-0.2, 0) is 13.0 Å². The lowest BCUT2D eigenvalue weighted by molar-refractivity contribution is 0.160. The molecule has 0 radical (unpaired) electrons. The third-order valence-electron chi connectivity index (χ3n) is 5.26. The van der Waals surface area contributed by atoms with Gasteiger partial charge in [0, 0.05) is 13.1 Å². The first-order valence-corrected chi connectivity index (χ1v) is 8.87. The van der Waals surface area contributed by atoms with Gasteiger partial charge >= 0.3 is 5.56 Å². The van der Waals surface area contributed by atoms with Crippen LogP contribution in [0, 0.1) is 0 Å². The van der Waals surface area contributed by atoms with Crippen molar-refractivity contribution < 1.29 is 14.2 Å². The summed E-state index contributed by atoms with van der Waals surface area (Å²) in [6.45, 7) is 5.22. The fraction of sp³-hybridized carbons (Fsp3) is 0.474. The van der Waals surface area contributed by atoms with Crippen LogP contribution in [0.15, 0.2) is 23.1 Å². The van der Waals surface area contributed by atoms with Crippen molar-refractivity contribution >= 4 is 5.69 Å². The normalized spacial score (nSPS) is 20.5. The zero-order valence-electron chi connectivity index (χ0n) is 15.5. The molecule has 7 heteroatoms. The molecule has 0 aliphatic carbocycles. The van der Waals surface area contributed by atoms with E-state index < -0.39 is 0 Å². The summed E-state index contributed by atoms with van der Waals surface area (Å²) in [5.74, 6) is 1.83. The Kier molecular flexibility index (Phi) is 4.01. The molecule has 4 rings (SSSR count). The van der Waals surface area contributed by atoms with Crippen molar-refractivity contribution in [3.8, 4) is 17.2 Å². The van der Waals surface area contributed by atoms with Crippen molar-refractivity contribution in [1.29, 1.82) is 0 Å². The van der Waals surface area contributed by atoms with Gasteiger partial charge in [-0.15, -0.1) is 0 Å². The summed E-state index contributed by atoms with van der Waals surface area (Å²) < 4.78 is 18.4. The molecule has 0 saturated heterocycles. The Hall–Kier alpha value is -2.70. The number of hydrogen-bond acceptors (Lipinski definition) is 6. The van der Waals surface area contributed by atoms with Gasteiger partial charge in [0.25, 0.3) is 0 Å². The van der Waals surface area contributed by atoms with E-state index >= 15 is 0 Å². The Morgan fingerprint density at radius 1 is 1.27 bits per heavy atom. The molecule has 0 spiro atoms. The molecule has 0 fully saturated rings. The van der Waals surface area contributed by atoms with Crippen LogP contribution < -0.4 is 24.7 Å². The SMILES string of the molecule is CCn1ncc2c(c1=O)O[C@@H](C)[C@@H]1c3cc(OC)c(OC)cc3CCN21. The van der Waals surface area contributed by atoms with Crippen molar-refractivity contribution in [2.75, 3.05) is 25.7 Å².